The Morgan fingerprint density at radius 3 is 2.41 bits per heavy atom. The average molecular weight is 257 g/mol. The van der Waals surface area contributed by atoms with E-state index in [0.717, 1.165) is 12.0 Å². The van der Waals surface area contributed by atoms with Crippen molar-refractivity contribution in [2.24, 2.45) is 5.92 Å². The van der Waals surface area contributed by atoms with Crippen LogP contribution in [-0.2, 0) is 0 Å². The summed E-state index contributed by atoms with van der Waals surface area (Å²) >= 11 is 2.14. The number of rotatable bonds is 10. The monoisotopic (exact) mass is 257 g/mol. The van der Waals surface area contributed by atoms with Crippen LogP contribution >= 0.6 is 11.8 Å². The van der Waals surface area contributed by atoms with Crippen LogP contribution in [0.15, 0.2) is 0 Å². The topological polar surface area (TPSA) is 12.0 Å². The summed E-state index contributed by atoms with van der Waals surface area (Å²) in [6.07, 6.45) is 12.9. The maximum atomic E-state index is 3.54. The molecule has 0 aromatic carbocycles. The van der Waals surface area contributed by atoms with Gasteiger partial charge in [-0.25, -0.2) is 0 Å². The van der Waals surface area contributed by atoms with E-state index in [-0.39, 0.29) is 0 Å². The number of thioether (sulfide) groups is 1. The van der Waals surface area contributed by atoms with Crippen molar-refractivity contribution >= 4 is 11.8 Å². The van der Waals surface area contributed by atoms with Crippen molar-refractivity contribution in [1.82, 2.24) is 5.32 Å². The van der Waals surface area contributed by atoms with E-state index < -0.39 is 0 Å². The lowest BCUT2D eigenvalue weighted by molar-refractivity contribution is 0.370. The van der Waals surface area contributed by atoms with Crippen LogP contribution in [0.5, 0.6) is 0 Å². The zero-order chi connectivity index (χ0) is 12.3. The lowest BCUT2D eigenvalue weighted by Gasteiger charge is -2.22. The Bertz CT molecular complexity index is 166. The highest BCUT2D eigenvalue weighted by atomic mass is 32.2. The summed E-state index contributed by atoms with van der Waals surface area (Å²) in [5, 5.41) is 3.54. The summed E-state index contributed by atoms with van der Waals surface area (Å²) < 4.78 is 0. The third-order valence-corrected chi connectivity index (χ3v) is 5.21. The Labute approximate surface area is 113 Å². The van der Waals surface area contributed by atoms with Gasteiger partial charge in [0.1, 0.15) is 0 Å². The van der Waals surface area contributed by atoms with Gasteiger partial charge in [0.15, 0.2) is 0 Å². The van der Waals surface area contributed by atoms with Crippen LogP contribution in [0.4, 0.5) is 0 Å². The van der Waals surface area contributed by atoms with Gasteiger partial charge in [-0.1, -0.05) is 51.9 Å². The summed E-state index contributed by atoms with van der Waals surface area (Å²) in [6, 6.07) is 0.792. The second-order valence-corrected chi connectivity index (χ2v) is 6.58. The van der Waals surface area contributed by atoms with Crippen molar-refractivity contribution in [3.05, 3.63) is 0 Å². The molecule has 2 atom stereocenters. The predicted octanol–water partition coefficient (Wildman–Crippen LogP) is 4.47. The van der Waals surface area contributed by atoms with E-state index in [2.05, 4.69) is 31.1 Å². The van der Waals surface area contributed by atoms with Gasteiger partial charge in [-0.15, -0.1) is 0 Å². The van der Waals surface area contributed by atoms with Crippen molar-refractivity contribution in [2.75, 3.05) is 18.6 Å². The van der Waals surface area contributed by atoms with Gasteiger partial charge in [0.05, 0.1) is 0 Å². The van der Waals surface area contributed by atoms with Gasteiger partial charge in [0.2, 0.25) is 0 Å². The Morgan fingerprint density at radius 1 is 1.12 bits per heavy atom. The molecule has 2 unspecified atom stereocenters. The normalized spacial score (nSPS) is 21.9. The van der Waals surface area contributed by atoms with Crippen molar-refractivity contribution in [2.45, 2.75) is 70.8 Å². The van der Waals surface area contributed by atoms with Gasteiger partial charge in [0.25, 0.3) is 0 Å². The van der Waals surface area contributed by atoms with Gasteiger partial charge < -0.3 is 5.32 Å². The quantitative estimate of drug-likeness (QED) is 0.580. The predicted molar refractivity (Wildman–Crippen MR) is 80.9 cm³/mol. The standard InChI is InChI=1S/C15H31NS/c1-3-4-5-6-7-8-9-10-15(16-2)14-11-12-17-13-14/h14-16H,3-13H2,1-2H3. The largest absolute Gasteiger partial charge is 0.317 e. The summed E-state index contributed by atoms with van der Waals surface area (Å²) in [4.78, 5) is 0. The minimum absolute atomic E-state index is 0.792. The Kier molecular flexibility index (Phi) is 9.27. The number of hydrogen-bond acceptors (Lipinski definition) is 2. The van der Waals surface area contributed by atoms with Gasteiger partial charge >= 0.3 is 0 Å². The van der Waals surface area contributed by atoms with Crippen molar-refractivity contribution in [1.29, 1.82) is 0 Å². The molecule has 0 saturated carbocycles. The summed E-state index contributed by atoms with van der Waals surface area (Å²) in [6.45, 7) is 2.29. The van der Waals surface area contributed by atoms with E-state index in [1.54, 1.807) is 0 Å². The first-order valence-corrected chi connectivity index (χ1v) is 8.79. The fourth-order valence-electron chi connectivity index (χ4n) is 2.81. The van der Waals surface area contributed by atoms with E-state index in [1.807, 2.05) is 0 Å². The van der Waals surface area contributed by atoms with Crippen LogP contribution in [0.2, 0.25) is 0 Å². The molecule has 1 rings (SSSR count). The van der Waals surface area contributed by atoms with E-state index in [4.69, 9.17) is 0 Å². The fourth-order valence-corrected chi connectivity index (χ4v) is 4.14. The van der Waals surface area contributed by atoms with Crippen LogP contribution in [0.1, 0.15) is 64.7 Å². The van der Waals surface area contributed by atoms with Gasteiger partial charge in [-0.2, -0.15) is 11.8 Å². The summed E-state index contributed by atoms with van der Waals surface area (Å²) in [5.74, 6) is 3.73. The fraction of sp³-hybridized carbons (Fsp3) is 1.00. The molecule has 102 valence electrons. The smallest absolute Gasteiger partial charge is 0.0100 e. The highest BCUT2D eigenvalue weighted by Crippen LogP contribution is 2.28. The molecule has 1 fully saturated rings. The lowest BCUT2D eigenvalue weighted by Crippen LogP contribution is -2.33. The summed E-state index contributed by atoms with van der Waals surface area (Å²) in [5.41, 5.74) is 0. The molecule has 0 aromatic heterocycles. The van der Waals surface area contributed by atoms with Crippen molar-refractivity contribution in [3.63, 3.8) is 0 Å². The highest BCUT2D eigenvalue weighted by molar-refractivity contribution is 7.99. The molecule has 0 bridgehead atoms. The number of unbranched alkanes of at least 4 members (excludes halogenated alkanes) is 6. The second kappa shape index (κ2) is 10.3. The lowest BCUT2D eigenvalue weighted by atomic mass is 9.94. The Balaban J connectivity index is 1.96. The molecule has 0 aromatic rings. The molecular formula is C15H31NS. The van der Waals surface area contributed by atoms with Crippen LogP contribution in [0, 0.1) is 5.92 Å². The third-order valence-electron chi connectivity index (χ3n) is 4.02. The van der Waals surface area contributed by atoms with Gasteiger partial charge in [0, 0.05) is 6.04 Å². The van der Waals surface area contributed by atoms with Crippen LogP contribution in [-0.4, -0.2) is 24.6 Å². The number of hydrogen-bond donors (Lipinski definition) is 1. The Morgan fingerprint density at radius 2 is 1.82 bits per heavy atom. The summed E-state index contributed by atoms with van der Waals surface area (Å²) in [7, 11) is 2.15. The van der Waals surface area contributed by atoms with E-state index in [1.165, 1.54) is 69.3 Å². The minimum Gasteiger partial charge on any atom is -0.317 e. The van der Waals surface area contributed by atoms with Crippen molar-refractivity contribution in [3.8, 4) is 0 Å². The first kappa shape index (κ1) is 15.4. The van der Waals surface area contributed by atoms with E-state index in [9.17, 15) is 0 Å². The van der Waals surface area contributed by atoms with Crippen LogP contribution < -0.4 is 5.32 Å². The first-order chi connectivity index (χ1) is 8.38. The van der Waals surface area contributed by atoms with Crippen LogP contribution in [0.25, 0.3) is 0 Å². The molecule has 1 N–H and O–H groups in total. The minimum atomic E-state index is 0.792. The molecule has 1 aliphatic rings. The molecule has 1 heterocycles. The molecule has 0 amide bonds. The average Bonchev–Trinajstić information content (AvgIpc) is 2.86. The molecule has 17 heavy (non-hydrogen) atoms. The Hall–Kier alpha value is 0.310. The molecule has 0 radical (unpaired) electrons. The van der Waals surface area contributed by atoms with Crippen LogP contribution in [0.3, 0.4) is 0 Å². The van der Waals surface area contributed by atoms with Gasteiger partial charge in [-0.3, -0.25) is 0 Å². The zero-order valence-electron chi connectivity index (χ0n) is 11.8. The molecule has 1 saturated heterocycles. The zero-order valence-corrected chi connectivity index (χ0v) is 12.7. The highest BCUT2D eigenvalue weighted by Gasteiger charge is 2.23. The molecule has 0 aliphatic carbocycles. The van der Waals surface area contributed by atoms with Crippen molar-refractivity contribution < 1.29 is 0 Å². The molecule has 1 nitrogen and oxygen atoms in total. The van der Waals surface area contributed by atoms with E-state index in [0.29, 0.717) is 0 Å². The molecule has 0 spiro atoms. The first-order valence-electron chi connectivity index (χ1n) is 7.63. The van der Waals surface area contributed by atoms with E-state index >= 15 is 0 Å². The molecule has 1 aliphatic heterocycles. The maximum absolute atomic E-state index is 3.54. The SMILES string of the molecule is CCCCCCCCCC(NC)C1CCSC1. The third kappa shape index (κ3) is 6.71. The molecular weight excluding hydrogens is 226 g/mol. The number of nitrogens with one attached hydrogen (secondary N) is 1. The van der Waals surface area contributed by atoms with Gasteiger partial charge in [-0.05, 0) is 37.3 Å². The maximum Gasteiger partial charge on any atom is 0.0100 e. The molecule has 2 heteroatoms. The second-order valence-electron chi connectivity index (χ2n) is 5.43.